The molecule has 0 N–H and O–H groups in total. The lowest BCUT2D eigenvalue weighted by Gasteiger charge is -2.24. The monoisotopic (exact) mass is 214 g/mol. The van der Waals surface area contributed by atoms with Crippen molar-refractivity contribution in [2.24, 2.45) is 11.8 Å². The molecule has 80 valence electrons. The van der Waals surface area contributed by atoms with Gasteiger partial charge in [-0.1, -0.05) is 30.4 Å². The van der Waals surface area contributed by atoms with E-state index >= 15 is 0 Å². The first kappa shape index (κ1) is 9.21. The molecule has 3 aliphatic heterocycles. The zero-order valence-corrected chi connectivity index (χ0v) is 7.74. The van der Waals surface area contributed by atoms with Crippen LogP contribution in [0.5, 0.6) is 0 Å². The highest BCUT2D eigenvalue weighted by Crippen LogP contribution is 2.44. The van der Waals surface area contributed by atoms with Crippen molar-refractivity contribution in [3.05, 3.63) is 36.0 Å². The van der Waals surface area contributed by atoms with Crippen LogP contribution in [0.2, 0.25) is 0 Å². The van der Waals surface area contributed by atoms with E-state index in [2.05, 4.69) is 0 Å². The Morgan fingerprint density at radius 1 is 1.00 bits per heavy atom. The minimum Gasteiger partial charge on any atom is -0.365 e. The van der Waals surface area contributed by atoms with Gasteiger partial charge in [-0.2, -0.15) is 13.2 Å². The summed E-state index contributed by atoms with van der Waals surface area (Å²) >= 11 is 0. The largest absolute Gasteiger partial charge is 0.413 e. The molecule has 3 heterocycles. The van der Waals surface area contributed by atoms with Gasteiger partial charge in [0.1, 0.15) is 0 Å². The zero-order valence-electron chi connectivity index (χ0n) is 7.74. The van der Waals surface area contributed by atoms with Crippen LogP contribution in [0.1, 0.15) is 0 Å². The van der Waals surface area contributed by atoms with Crippen molar-refractivity contribution in [3.8, 4) is 0 Å². The van der Waals surface area contributed by atoms with Crippen molar-refractivity contribution in [2.45, 2.75) is 18.4 Å². The molecule has 0 aromatic rings. The van der Waals surface area contributed by atoms with Crippen LogP contribution in [0.3, 0.4) is 0 Å². The van der Waals surface area contributed by atoms with Crippen LogP contribution in [-0.4, -0.2) is 18.4 Å². The van der Waals surface area contributed by atoms with E-state index in [1.807, 2.05) is 12.2 Å². The Balaban J connectivity index is 2.05. The van der Waals surface area contributed by atoms with E-state index in [1.54, 1.807) is 12.2 Å². The third-order valence-electron chi connectivity index (χ3n) is 3.14. The van der Waals surface area contributed by atoms with E-state index in [1.165, 1.54) is 6.08 Å². The number of hydrogen-bond donors (Lipinski definition) is 0. The summed E-state index contributed by atoms with van der Waals surface area (Å²) in [5.74, 6) is -0.924. The van der Waals surface area contributed by atoms with E-state index in [0.29, 0.717) is 0 Å². The Kier molecular flexibility index (Phi) is 1.69. The van der Waals surface area contributed by atoms with Crippen molar-refractivity contribution in [1.29, 1.82) is 0 Å². The summed E-state index contributed by atoms with van der Waals surface area (Å²) in [4.78, 5) is 0. The fraction of sp³-hybridized carbons (Fsp3) is 0.455. The minimum atomic E-state index is -4.24. The second-order valence-corrected chi connectivity index (χ2v) is 4.06. The van der Waals surface area contributed by atoms with Crippen LogP contribution in [0.4, 0.5) is 13.2 Å². The highest BCUT2D eigenvalue weighted by molar-refractivity contribution is 5.35. The van der Waals surface area contributed by atoms with E-state index in [4.69, 9.17) is 4.74 Å². The van der Waals surface area contributed by atoms with E-state index in [0.717, 1.165) is 0 Å². The number of ether oxygens (including phenoxy) is 1. The molecule has 4 atom stereocenters. The molecule has 4 rings (SSSR count). The number of alkyl halides is 3. The summed E-state index contributed by atoms with van der Waals surface area (Å²) in [6.07, 6.45) is 3.45. The zero-order chi connectivity index (χ0) is 10.6. The SMILES string of the molecule is FC(F)(F)C1=C[C@@H]2C=C[C@H]1C1C=CC2O1. The topological polar surface area (TPSA) is 9.23 Å². The minimum absolute atomic E-state index is 0.212. The van der Waals surface area contributed by atoms with Crippen molar-refractivity contribution in [2.75, 3.05) is 0 Å². The molecule has 0 aromatic heterocycles. The lowest BCUT2D eigenvalue weighted by atomic mass is 9.82. The quantitative estimate of drug-likeness (QED) is 0.563. The third-order valence-corrected chi connectivity index (χ3v) is 3.14. The Morgan fingerprint density at radius 3 is 2.47 bits per heavy atom. The maximum Gasteiger partial charge on any atom is 0.413 e. The van der Waals surface area contributed by atoms with Gasteiger partial charge in [-0.25, -0.2) is 0 Å². The number of rotatable bonds is 0. The summed E-state index contributed by atoms with van der Waals surface area (Å²) in [7, 11) is 0. The Hall–Kier alpha value is -1.03. The van der Waals surface area contributed by atoms with E-state index in [-0.39, 0.29) is 12.0 Å². The molecular weight excluding hydrogens is 205 g/mol. The van der Waals surface area contributed by atoms with Gasteiger partial charge in [0, 0.05) is 17.4 Å². The van der Waals surface area contributed by atoms with Crippen LogP contribution in [0.15, 0.2) is 36.0 Å². The molecule has 0 saturated carbocycles. The average molecular weight is 214 g/mol. The molecule has 4 bridgehead atoms. The molecule has 2 unspecified atom stereocenters. The van der Waals surface area contributed by atoms with Gasteiger partial charge < -0.3 is 4.74 Å². The van der Waals surface area contributed by atoms with Crippen LogP contribution in [0, 0.1) is 11.8 Å². The molecule has 4 aliphatic rings. The first-order chi connectivity index (χ1) is 7.05. The van der Waals surface area contributed by atoms with Gasteiger partial charge >= 0.3 is 6.18 Å². The molecule has 0 aromatic carbocycles. The Bertz CT molecular complexity index is 378. The molecule has 15 heavy (non-hydrogen) atoms. The van der Waals surface area contributed by atoms with Gasteiger partial charge in [0.25, 0.3) is 0 Å². The molecule has 0 spiro atoms. The predicted octanol–water partition coefficient (Wildman–Crippen LogP) is 2.61. The van der Waals surface area contributed by atoms with Crippen molar-refractivity contribution in [1.82, 2.24) is 0 Å². The van der Waals surface area contributed by atoms with Crippen molar-refractivity contribution in [3.63, 3.8) is 0 Å². The predicted molar refractivity (Wildman–Crippen MR) is 48.1 cm³/mol. The highest BCUT2D eigenvalue weighted by atomic mass is 19.4. The first-order valence-electron chi connectivity index (χ1n) is 4.87. The van der Waals surface area contributed by atoms with Crippen LogP contribution >= 0.6 is 0 Å². The van der Waals surface area contributed by atoms with E-state index in [9.17, 15) is 13.2 Å². The fourth-order valence-electron chi connectivity index (χ4n) is 2.41. The van der Waals surface area contributed by atoms with Gasteiger partial charge in [0.05, 0.1) is 12.2 Å². The summed E-state index contributed by atoms with van der Waals surface area (Å²) in [6, 6.07) is 0. The lowest BCUT2D eigenvalue weighted by molar-refractivity contribution is -0.101. The molecule has 4 heteroatoms. The van der Waals surface area contributed by atoms with Gasteiger partial charge in [-0.3, -0.25) is 0 Å². The molecule has 1 aliphatic carbocycles. The summed E-state index contributed by atoms with van der Waals surface area (Å²) in [6.45, 7) is 0. The van der Waals surface area contributed by atoms with Crippen molar-refractivity contribution >= 4 is 0 Å². The second kappa shape index (κ2) is 2.76. The number of hydrogen-bond acceptors (Lipinski definition) is 1. The molecule has 0 amide bonds. The van der Waals surface area contributed by atoms with Crippen LogP contribution < -0.4 is 0 Å². The average Bonchev–Trinajstić information content (AvgIpc) is 2.50. The summed E-state index contributed by atoms with van der Waals surface area (Å²) < 4.78 is 43.7. The van der Waals surface area contributed by atoms with Gasteiger partial charge in [-0.05, 0) is 0 Å². The Labute approximate surface area is 84.9 Å². The molecule has 0 fully saturated rings. The van der Waals surface area contributed by atoms with Gasteiger partial charge in [0.15, 0.2) is 0 Å². The van der Waals surface area contributed by atoms with Gasteiger partial charge in [-0.15, -0.1) is 0 Å². The highest BCUT2D eigenvalue weighted by Gasteiger charge is 2.47. The van der Waals surface area contributed by atoms with Crippen LogP contribution in [0.25, 0.3) is 0 Å². The summed E-state index contributed by atoms with van der Waals surface area (Å²) in [5.41, 5.74) is -0.452. The standard InChI is InChI=1S/C11H9F3O/c12-11(13,14)8-5-6-1-2-7(8)10-4-3-9(6)15-10/h1-7,9-10H/t6-,7+,9?,10?/m0/s1. The number of halogens is 3. The normalized spacial score (nSPS) is 41.9. The molecular formula is C11H9F3O. The lowest BCUT2D eigenvalue weighted by Crippen LogP contribution is -2.27. The first-order valence-corrected chi connectivity index (χ1v) is 4.87. The van der Waals surface area contributed by atoms with Crippen LogP contribution in [-0.2, 0) is 4.74 Å². The molecule has 1 nitrogen and oxygen atoms in total. The molecule has 0 radical (unpaired) electrons. The molecule has 0 saturated heterocycles. The van der Waals surface area contributed by atoms with Gasteiger partial charge in [0.2, 0.25) is 0 Å². The van der Waals surface area contributed by atoms with E-state index < -0.39 is 23.8 Å². The smallest absolute Gasteiger partial charge is 0.365 e. The summed E-state index contributed by atoms with van der Waals surface area (Å²) in [5, 5.41) is 0. The maximum atomic E-state index is 12.7. The maximum absolute atomic E-state index is 12.7. The second-order valence-electron chi connectivity index (χ2n) is 4.06. The Morgan fingerprint density at radius 2 is 1.73 bits per heavy atom. The van der Waals surface area contributed by atoms with Crippen molar-refractivity contribution < 1.29 is 17.9 Å². The third kappa shape index (κ3) is 1.28. The fourth-order valence-corrected chi connectivity index (χ4v) is 2.41.